The monoisotopic (exact) mass is 341 g/mol. The van der Waals surface area contributed by atoms with Crippen molar-refractivity contribution in [3.8, 4) is 0 Å². The molecule has 0 fully saturated rings. The van der Waals surface area contributed by atoms with E-state index in [0.29, 0.717) is 18.5 Å². The molecule has 0 heterocycles. The van der Waals surface area contributed by atoms with Crippen LogP contribution in [-0.4, -0.2) is 33.7 Å². The largest absolute Gasteiger partial charge is 0.392 e. The van der Waals surface area contributed by atoms with Gasteiger partial charge in [0.25, 0.3) is 0 Å². The minimum atomic E-state index is -1.07. The first-order valence-electron chi connectivity index (χ1n) is 9.12. The molecule has 2 rings (SSSR count). The lowest BCUT2D eigenvalue weighted by atomic mass is 9.82. The Morgan fingerprint density at radius 3 is 2.04 bits per heavy atom. The van der Waals surface area contributed by atoms with Crippen molar-refractivity contribution in [2.24, 2.45) is 0 Å². The SMILES string of the molecule is CC(C)N(CCC(O)(c1ccccc1)c1cccc(CO)c1)C(C)C. The molecule has 0 aliphatic heterocycles. The molecular weight excluding hydrogens is 310 g/mol. The summed E-state index contributed by atoms with van der Waals surface area (Å²) in [4.78, 5) is 2.39. The smallest absolute Gasteiger partial charge is 0.116 e. The Kier molecular flexibility index (Phi) is 6.77. The first-order valence-corrected chi connectivity index (χ1v) is 9.12. The van der Waals surface area contributed by atoms with Gasteiger partial charge < -0.3 is 10.2 Å². The Morgan fingerprint density at radius 2 is 1.48 bits per heavy atom. The van der Waals surface area contributed by atoms with E-state index in [-0.39, 0.29) is 6.61 Å². The number of aliphatic hydroxyl groups is 2. The van der Waals surface area contributed by atoms with Crippen molar-refractivity contribution in [2.75, 3.05) is 6.54 Å². The van der Waals surface area contributed by atoms with Gasteiger partial charge in [-0.2, -0.15) is 0 Å². The van der Waals surface area contributed by atoms with E-state index in [1.807, 2.05) is 54.6 Å². The Hall–Kier alpha value is -1.68. The minimum Gasteiger partial charge on any atom is -0.392 e. The summed E-state index contributed by atoms with van der Waals surface area (Å²) < 4.78 is 0. The highest BCUT2D eigenvalue weighted by atomic mass is 16.3. The summed E-state index contributed by atoms with van der Waals surface area (Å²) in [7, 11) is 0. The zero-order valence-electron chi connectivity index (χ0n) is 15.8. The van der Waals surface area contributed by atoms with Gasteiger partial charge >= 0.3 is 0 Å². The maximum atomic E-state index is 11.7. The standard InChI is InChI=1S/C22H31NO2/c1-17(2)23(18(3)4)14-13-22(25,20-10-6-5-7-11-20)21-12-8-9-19(15-21)16-24/h5-12,15,17-18,24-25H,13-14,16H2,1-4H3. The van der Waals surface area contributed by atoms with E-state index in [1.54, 1.807) is 0 Å². The van der Waals surface area contributed by atoms with Crippen LogP contribution < -0.4 is 0 Å². The molecule has 0 aromatic heterocycles. The molecule has 1 unspecified atom stereocenters. The Morgan fingerprint density at radius 1 is 0.880 bits per heavy atom. The lowest BCUT2D eigenvalue weighted by molar-refractivity contribution is 0.0463. The lowest BCUT2D eigenvalue weighted by Crippen LogP contribution is -2.41. The number of aliphatic hydroxyl groups excluding tert-OH is 1. The molecule has 0 aliphatic rings. The molecule has 2 N–H and O–H groups in total. The molecule has 0 spiro atoms. The quantitative estimate of drug-likeness (QED) is 0.765. The molecule has 0 aliphatic carbocycles. The maximum Gasteiger partial charge on any atom is 0.116 e. The third-order valence-corrected chi connectivity index (χ3v) is 4.90. The summed E-state index contributed by atoms with van der Waals surface area (Å²) in [5.74, 6) is 0. The molecular formula is C22H31NO2. The highest BCUT2D eigenvalue weighted by molar-refractivity contribution is 5.38. The van der Waals surface area contributed by atoms with Gasteiger partial charge in [-0.1, -0.05) is 54.6 Å². The van der Waals surface area contributed by atoms with Crippen molar-refractivity contribution in [1.82, 2.24) is 4.90 Å². The van der Waals surface area contributed by atoms with E-state index >= 15 is 0 Å². The van der Waals surface area contributed by atoms with E-state index in [0.717, 1.165) is 23.2 Å². The summed E-state index contributed by atoms with van der Waals surface area (Å²) >= 11 is 0. The molecule has 136 valence electrons. The van der Waals surface area contributed by atoms with Gasteiger partial charge in [-0.25, -0.2) is 0 Å². The van der Waals surface area contributed by atoms with Crippen LogP contribution in [0.2, 0.25) is 0 Å². The van der Waals surface area contributed by atoms with Gasteiger partial charge in [-0.3, -0.25) is 4.90 Å². The number of hydrogen-bond acceptors (Lipinski definition) is 3. The molecule has 0 radical (unpaired) electrons. The Bertz CT molecular complexity index is 646. The molecule has 2 aromatic carbocycles. The van der Waals surface area contributed by atoms with E-state index < -0.39 is 5.60 Å². The Labute approximate surface area is 151 Å². The molecule has 0 saturated heterocycles. The molecule has 2 aromatic rings. The van der Waals surface area contributed by atoms with Gasteiger partial charge in [-0.05, 0) is 50.8 Å². The van der Waals surface area contributed by atoms with Crippen molar-refractivity contribution in [3.63, 3.8) is 0 Å². The predicted molar refractivity (Wildman–Crippen MR) is 103 cm³/mol. The van der Waals surface area contributed by atoms with Crippen molar-refractivity contribution in [2.45, 2.75) is 58.4 Å². The van der Waals surface area contributed by atoms with Crippen LogP contribution in [0.15, 0.2) is 54.6 Å². The second kappa shape index (κ2) is 8.61. The first kappa shape index (κ1) is 19.6. The Balaban J connectivity index is 2.39. The molecule has 0 saturated carbocycles. The third kappa shape index (κ3) is 4.69. The van der Waals surface area contributed by atoms with Crippen molar-refractivity contribution in [1.29, 1.82) is 0 Å². The lowest BCUT2D eigenvalue weighted by Gasteiger charge is -2.36. The highest BCUT2D eigenvalue weighted by Gasteiger charge is 2.32. The van der Waals surface area contributed by atoms with Gasteiger partial charge in [0, 0.05) is 18.6 Å². The van der Waals surface area contributed by atoms with E-state index in [1.165, 1.54) is 0 Å². The second-order valence-corrected chi connectivity index (χ2v) is 7.26. The second-order valence-electron chi connectivity index (χ2n) is 7.26. The van der Waals surface area contributed by atoms with Crippen LogP contribution in [0.5, 0.6) is 0 Å². The topological polar surface area (TPSA) is 43.7 Å². The van der Waals surface area contributed by atoms with Gasteiger partial charge in [0.05, 0.1) is 6.61 Å². The summed E-state index contributed by atoms with van der Waals surface area (Å²) in [6, 6.07) is 18.3. The summed E-state index contributed by atoms with van der Waals surface area (Å²) in [6.45, 7) is 9.52. The van der Waals surface area contributed by atoms with Crippen LogP contribution in [0.4, 0.5) is 0 Å². The van der Waals surface area contributed by atoms with Crippen LogP contribution in [0.25, 0.3) is 0 Å². The normalized spacial score (nSPS) is 14.3. The summed E-state index contributed by atoms with van der Waals surface area (Å²) in [6.07, 6.45) is 0.599. The van der Waals surface area contributed by atoms with Crippen molar-refractivity contribution < 1.29 is 10.2 Å². The molecule has 3 nitrogen and oxygen atoms in total. The molecule has 3 heteroatoms. The number of hydrogen-bond donors (Lipinski definition) is 2. The van der Waals surface area contributed by atoms with Crippen molar-refractivity contribution >= 4 is 0 Å². The number of nitrogens with zero attached hydrogens (tertiary/aromatic N) is 1. The average Bonchev–Trinajstić information content (AvgIpc) is 2.61. The van der Waals surface area contributed by atoms with Crippen molar-refractivity contribution in [3.05, 3.63) is 71.3 Å². The number of benzene rings is 2. The zero-order valence-corrected chi connectivity index (χ0v) is 15.8. The van der Waals surface area contributed by atoms with Crippen LogP contribution in [-0.2, 0) is 12.2 Å². The summed E-state index contributed by atoms with van der Waals surface area (Å²) in [5.41, 5.74) is 1.46. The molecule has 0 bridgehead atoms. The number of rotatable bonds is 8. The van der Waals surface area contributed by atoms with Gasteiger partial charge in [0.1, 0.15) is 5.60 Å². The van der Waals surface area contributed by atoms with Crippen LogP contribution in [0, 0.1) is 0 Å². The van der Waals surface area contributed by atoms with Gasteiger partial charge in [0.15, 0.2) is 0 Å². The van der Waals surface area contributed by atoms with Crippen LogP contribution in [0.3, 0.4) is 0 Å². The van der Waals surface area contributed by atoms with E-state index in [9.17, 15) is 10.2 Å². The fraction of sp³-hybridized carbons (Fsp3) is 0.455. The van der Waals surface area contributed by atoms with E-state index in [2.05, 4.69) is 32.6 Å². The molecule has 25 heavy (non-hydrogen) atoms. The van der Waals surface area contributed by atoms with Crippen LogP contribution in [0.1, 0.15) is 50.8 Å². The predicted octanol–water partition coefficient (Wildman–Crippen LogP) is 3.92. The fourth-order valence-corrected chi connectivity index (χ4v) is 3.50. The fourth-order valence-electron chi connectivity index (χ4n) is 3.50. The molecule has 0 amide bonds. The highest BCUT2D eigenvalue weighted by Crippen LogP contribution is 2.34. The van der Waals surface area contributed by atoms with Crippen LogP contribution >= 0.6 is 0 Å². The molecule has 1 atom stereocenters. The third-order valence-electron chi connectivity index (χ3n) is 4.90. The van der Waals surface area contributed by atoms with Gasteiger partial charge in [0.2, 0.25) is 0 Å². The average molecular weight is 341 g/mol. The minimum absolute atomic E-state index is 0.0250. The maximum absolute atomic E-state index is 11.7. The van der Waals surface area contributed by atoms with E-state index in [4.69, 9.17) is 0 Å². The zero-order chi connectivity index (χ0) is 18.4. The first-order chi connectivity index (χ1) is 11.9. The summed E-state index contributed by atoms with van der Waals surface area (Å²) in [5, 5.41) is 21.2. The van der Waals surface area contributed by atoms with Gasteiger partial charge in [-0.15, -0.1) is 0 Å².